The van der Waals surface area contributed by atoms with Crippen LogP contribution in [0.3, 0.4) is 0 Å². The van der Waals surface area contributed by atoms with E-state index in [9.17, 15) is 4.79 Å². The molecule has 0 radical (unpaired) electrons. The van der Waals surface area contributed by atoms with Crippen LogP contribution in [0.25, 0.3) is 22.2 Å². The molecule has 4 heteroatoms. The third-order valence-corrected chi connectivity index (χ3v) is 4.69. The predicted octanol–water partition coefficient (Wildman–Crippen LogP) is 5.71. The molecule has 0 saturated heterocycles. The average Bonchev–Trinajstić information content (AvgIpc) is 3.10. The van der Waals surface area contributed by atoms with E-state index in [1.54, 1.807) is 0 Å². The normalized spacial score (nSPS) is 11.6. The van der Waals surface area contributed by atoms with E-state index < -0.39 is 5.60 Å². The van der Waals surface area contributed by atoms with Crippen LogP contribution in [0.4, 0.5) is 0 Å². The summed E-state index contributed by atoms with van der Waals surface area (Å²) in [7, 11) is 0. The number of hydrogen-bond donors (Lipinski definition) is 0. The first kappa shape index (κ1) is 18.9. The summed E-state index contributed by atoms with van der Waals surface area (Å²) in [5, 5.41) is 0. The first-order valence-electron chi connectivity index (χ1n) is 9.72. The lowest BCUT2D eigenvalue weighted by Gasteiger charge is -2.20. The van der Waals surface area contributed by atoms with Gasteiger partial charge in [-0.2, -0.15) is 0 Å². The van der Waals surface area contributed by atoms with Crippen LogP contribution in [0, 0.1) is 0 Å². The van der Waals surface area contributed by atoms with Crippen molar-refractivity contribution in [3.8, 4) is 11.1 Å². The van der Waals surface area contributed by atoms with Crippen LogP contribution in [0.15, 0.2) is 79.1 Å². The van der Waals surface area contributed by atoms with Crippen LogP contribution in [-0.2, 0) is 11.3 Å². The molecule has 4 nitrogen and oxygen atoms in total. The van der Waals surface area contributed by atoms with Gasteiger partial charge in [0.05, 0.1) is 22.9 Å². The number of nitrogens with zero attached hydrogens (tertiary/aromatic N) is 2. The molecule has 4 rings (SSSR count). The zero-order chi connectivity index (χ0) is 20.4. The smallest absolute Gasteiger partial charge is 0.339 e. The zero-order valence-corrected chi connectivity index (χ0v) is 16.9. The lowest BCUT2D eigenvalue weighted by atomic mass is 9.98. The summed E-state index contributed by atoms with van der Waals surface area (Å²) in [6, 6.07) is 24.0. The molecule has 0 saturated carbocycles. The molecule has 1 aromatic heterocycles. The summed E-state index contributed by atoms with van der Waals surface area (Å²) in [6.07, 6.45) is 1.87. The number of benzene rings is 3. The molecule has 146 valence electrons. The van der Waals surface area contributed by atoms with Gasteiger partial charge in [-0.25, -0.2) is 9.78 Å². The molecule has 0 N–H and O–H groups in total. The molecule has 0 unspecified atom stereocenters. The van der Waals surface area contributed by atoms with Crippen molar-refractivity contribution in [1.29, 1.82) is 0 Å². The van der Waals surface area contributed by atoms with Crippen molar-refractivity contribution in [3.05, 3.63) is 90.3 Å². The molecule has 0 aliphatic heterocycles. The molecule has 0 bridgehead atoms. The van der Waals surface area contributed by atoms with Crippen molar-refractivity contribution in [1.82, 2.24) is 9.55 Å². The summed E-state index contributed by atoms with van der Waals surface area (Å²) >= 11 is 0. The van der Waals surface area contributed by atoms with E-state index >= 15 is 0 Å². The molecular weight excluding hydrogens is 360 g/mol. The topological polar surface area (TPSA) is 44.1 Å². The van der Waals surface area contributed by atoms with Gasteiger partial charge in [0, 0.05) is 6.54 Å². The van der Waals surface area contributed by atoms with Crippen LogP contribution in [0.5, 0.6) is 0 Å². The molecule has 3 aromatic carbocycles. The number of imidazole rings is 1. The number of carbonyl (C=O) groups is 1. The quantitative estimate of drug-likeness (QED) is 0.424. The predicted molar refractivity (Wildman–Crippen MR) is 116 cm³/mol. The lowest BCUT2D eigenvalue weighted by molar-refractivity contribution is 0.00704. The zero-order valence-electron chi connectivity index (χ0n) is 16.9. The van der Waals surface area contributed by atoms with Crippen LogP contribution < -0.4 is 0 Å². The van der Waals surface area contributed by atoms with Crippen molar-refractivity contribution in [2.24, 2.45) is 0 Å². The number of aromatic nitrogens is 2. The molecular formula is C25H24N2O2. The van der Waals surface area contributed by atoms with Crippen molar-refractivity contribution in [2.45, 2.75) is 32.9 Å². The van der Waals surface area contributed by atoms with Gasteiger partial charge in [-0.1, -0.05) is 54.6 Å². The van der Waals surface area contributed by atoms with Crippen molar-refractivity contribution in [2.75, 3.05) is 0 Å². The maximum atomic E-state index is 12.6. The Balaban J connectivity index is 1.59. The summed E-state index contributed by atoms with van der Waals surface area (Å²) in [6.45, 7) is 6.38. The second-order valence-electron chi connectivity index (χ2n) is 8.11. The van der Waals surface area contributed by atoms with Crippen molar-refractivity contribution < 1.29 is 9.53 Å². The van der Waals surface area contributed by atoms with Crippen molar-refractivity contribution >= 4 is 17.0 Å². The highest BCUT2D eigenvalue weighted by atomic mass is 16.6. The summed E-state index contributed by atoms with van der Waals surface area (Å²) < 4.78 is 7.71. The van der Waals surface area contributed by atoms with E-state index in [2.05, 4.69) is 39.9 Å². The minimum Gasteiger partial charge on any atom is -0.456 e. The summed E-state index contributed by atoms with van der Waals surface area (Å²) in [5.74, 6) is -0.304. The minimum absolute atomic E-state index is 0.304. The van der Waals surface area contributed by atoms with E-state index in [1.165, 1.54) is 5.56 Å². The Morgan fingerprint density at radius 3 is 2.38 bits per heavy atom. The number of para-hydroxylation sites is 2. The Morgan fingerprint density at radius 2 is 1.62 bits per heavy atom. The van der Waals surface area contributed by atoms with E-state index in [0.717, 1.165) is 28.7 Å². The lowest BCUT2D eigenvalue weighted by Crippen LogP contribution is -2.24. The molecule has 0 amide bonds. The molecule has 4 aromatic rings. The first-order valence-corrected chi connectivity index (χ1v) is 9.72. The highest BCUT2D eigenvalue weighted by Crippen LogP contribution is 2.26. The summed E-state index contributed by atoms with van der Waals surface area (Å²) in [4.78, 5) is 17.1. The SMILES string of the molecule is CC(C)(C)OC(=O)c1ccccc1-c1ccc(Cn2cnc3ccccc32)cc1. The van der Waals surface area contributed by atoms with Crippen molar-refractivity contribution in [3.63, 3.8) is 0 Å². The Bertz CT molecular complexity index is 1150. The molecule has 0 aliphatic carbocycles. The largest absolute Gasteiger partial charge is 0.456 e. The first-order chi connectivity index (χ1) is 13.9. The number of hydrogen-bond acceptors (Lipinski definition) is 3. The van der Waals surface area contributed by atoms with E-state index in [0.29, 0.717) is 5.56 Å². The van der Waals surface area contributed by atoms with Gasteiger partial charge in [0.1, 0.15) is 5.60 Å². The number of rotatable bonds is 4. The number of carbonyl (C=O) groups excluding carboxylic acids is 1. The minimum atomic E-state index is -0.526. The highest BCUT2D eigenvalue weighted by Gasteiger charge is 2.20. The van der Waals surface area contributed by atoms with Crippen LogP contribution in [0.1, 0.15) is 36.7 Å². The van der Waals surface area contributed by atoms with Crippen LogP contribution in [-0.4, -0.2) is 21.1 Å². The van der Waals surface area contributed by atoms with Gasteiger partial charge in [0.15, 0.2) is 0 Å². The monoisotopic (exact) mass is 384 g/mol. The summed E-state index contributed by atoms with van der Waals surface area (Å²) in [5.41, 5.74) is 5.21. The van der Waals surface area contributed by atoms with Gasteiger partial charge in [0.25, 0.3) is 0 Å². The third-order valence-electron chi connectivity index (χ3n) is 4.69. The second-order valence-corrected chi connectivity index (χ2v) is 8.11. The van der Waals surface area contributed by atoms with Gasteiger partial charge in [0.2, 0.25) is 0 Å². The van der Waals surface area contributed by atoms with Gasteiger partial charge >= 0.3 is 5.97 Å². The standard InChI is InChI=1S/C25H24N2O2/c1-25(2,3)29-24(28)21-9-5-4-8-20(21)19-14-12-18(13-15-19)16-27-17-26-22-10-6-7-11-23(22)27/h4-15,17H,16H2,1-3H3. The fourth-order valence-corrected chi connectivity index (χ4v) is 3.37. The Kier molecular flexibility index (Phi) is 4.93. The second kappa shape index (κ2) is 7.55. The number of ether oxygens (including phenoxy) is 1. The molecule has 29 heavy (non-hydrogen) atoms. The molecule has 1 heterocycles. The molecule has 0 fully saturated rings. The van der Waals surface area contributed by atoms with Gasteiger partial charge in [-0.15, -0.1) is 0 Å². The molecule has 0 atom stereocenters. The van der Waals surface area contributed by atoms with E-state index in [1.807, 2.05) is 69.6 Å². The Labute approximate surface area is 170 Å². The number of esters is 1. The van der Waals surface area contributed by atoms with Crippen LogP contribution in [0.2, 0.25) is 0 Å². The fourth-order valence-electron chi connectivity index (χ4n) is 3.37. The highest BCUT2D eigenvalue weighted by molar-refractivity contribution is 5.97. The maximum Gasteiger partial charge on any atom is 0.339 e. The van der Waals surface area contributed by atoms with E-state index in [-0.39, 0.29) is 5.97 Å². The van der Waals surface area contributed by atoms with Gasteiger partial charge in [-0.3, -0.25) is 0 Å². The van der Waals surface area contributed by atoms with Gasteiger partial charge < -0.3 is 9.30 Å². The average molecular weight is 384 g/mol. The molecule has 0 aliphatic rings. The third kappa shape index (κ3) is 4.21. The number of fused-ring (bicyclic) bond motifs is 1. The maximum absolute atomic E-state index is 12.6. The fraction of sp³-hybridized carbons (Fsp3) is 0.200. The molecule has 0 spiro atoms. The Morgan fingerprint density at radius 1 is 0.931 bits per heavy atom. The Hall–Kier alpha value is -3.40. The van der Waals surface area contributed by atoms with E-state index in [4.69, 9.17) is 4.74 Å². The van der Waals surface area contributed by atoms with Gasteiger partial charge in [-0.05, 0) is 55.7 Å². The van der Waals surface area contributed by atoms with Crippen LogP contribution >= 0.6 is 0 Å².